The van der Waals surface area contributed by atoms with Crippen molar-refractivity contribution in [2.45, 2.75) is 30.8 Å². The zero-order valence-electron chi connectivity index (χ0n) is 14.1. The van der Waals surface area contributed by atoms with Crippen LogP contribution in [0.3, 0.4) is 0 Å². The van der Waals surface area contributed by atoms with E-state index >= 15 is 0 Å². The Labute approximate surface area is 147 Å². The molecule has 1 aromatic rings. The van der Waals surface area contributed by atoms with Crippen molar-refractivity contribution < 1.29 is 14.3 Å². The fraction of sp³-hybridized carbons (Fsp3) is 0.556. The average Bonchev–Trinajstić information content (AvgIpc) is 3.15. The number of ether oxygens (including phenoxy) is 1. The van der Waals surface area contributed by atoms with Crippen LogP contribution in [0.25, 0.3) is 0 Å². The van der Waals surface area contributed by atoms with E-state index in [-0.39, 0.29) is 17.9 Å². The smallest absolute Gasteiger partial charge is 0.251 e. The number of carbonyl (C=O) groups excluding carboxylic acids is 2. The summed E-state index contributed by atoms with van der Waals surface area (Å²) in [5.74, 6) is 0.682. The SMILES string of the molecule is Cc1ccc(SCC(=O)N2CCN(C(=O)C3CCCO3)CC2)cc1. The summed E-state index contributed by atoms with van der Waals surface area (Å²) in [6.45, 7) is 5.19. The van der Waals surface area contributed by atoms with Crippen LogP contribution in [0.2, 0.25) is 0 Å². The van der Waals surface area contributed by atoms with E-state index in [1.165, 1.54) is 5.56 Å². The molecule has 0 radical (unpaired) electrons. The van der Waals surface area contributed by atoms with Gasteiger partial charge >= 0.3 is 0 Å². The number of carbonyl (C=O) groups is 2. The van der Waals surface area contributed by atoms with Crippen molar-refractivity contribution >= 4 is 23.6 Å². The molecule has 2 amide bonds. The van der Waals surface area contributed by atoms with Crippen molar-refractivity contribution in [3.63, 3.8) is 0 Å². The number of amides is 2. The molecule has 0 N–H and O–H groups in total. The summed E-state index contributed by atoms with van der Waals surface area (Å²) in [7, 11) is 0. The van der Waals surface area contributed by atoms with Gasteiger partial charge in [0, 0.05) is 37.7 Å². The maximum absolute atomic E-state index is 12.3. The molecular weight excluding hydrogens is 324 g/mol. The van der Waals surface area contributed by atoms with Gasteiger partial charge in [0.15, 0.2) is 0 Å². The highest BCUT2D eigenvalue weighted by Crippen LogP contribution is 2.20. The number of benzene rings is 1. The molecule has 2 aliphatic rings. The van der Waals surface area contributed by atoms with Gasteiger partial charge in [-0.2, -0.15) is 0 Å². The van der Waals surface area contributed by atoms with Gasteiger partial charge in [-0.25, -0.2) is 0 Å². The summed E-state index contributed by atoms with van der Waals surface area (Å²) in [6.07, 6.45) is 1.53. The standard InChI is InChI=1S/C18H24N2O3S/c1-14-4-6-15(7-5-14)24-13-17(21)19-8-10-20(11-9-19)18(22)16-3-2-12-23-16/h4-7,16H,2-3,8-13H2,1H3. The van der Waals surface area contributed by atoms with E-state index in [0.717, 1.165) is 17.7 Å². The Morgan fingerprint density at radius 3 is 2.42 bits per heavy atom. The molecule has 0 spiro atoms. The van der Waals surface area contributed by atoms with E-state index < -0.39 is 0 Å². The van der Waals surface area contributed by atoms with Crippen LogP contribution >= 0.6 is 11.8 Å². The summed E-state index contributed by atoms with van der Waals surface area (Å²) in [5.41, 5.74) is 1.22. The number of thioether (sulfide) groups is 1. The van der Waals surface area contributed by atoms with Crippen molar-refractivity contribution in [3.05, 3.63) is 29.8 Å². The quantitative estimate of drug-likeness (QED) is 0.781. The number of aryl methyl sites for hydroxylation is 1. The van der Waals surface area contributed by atoms with Crippen LogP contribution in [0, 0.1) is 6.92 Å². The minimum absolute atomic E-state index is 0.0913. The molecule has 0 aromatic heterocycles. The predicted octanol–water partition coefficient (Wildman–Crippen LogP) is 1.94. The van der Waals surface area contributed by atoms with Crippen molar-refractivity contribution in [3.8, 4) is 0 Å². The fourth-order valence-corrected chi connectivity index (χ4v) is 3.82. The highest BCUT2D eigenvalue weighted by Gasteiger charge is 2.31. The average molecular weight is 348 g/mol. The molecule has 0 aliphatic carbocycles. The Kier molecular flexibility index (Phi) is 5.79. The lowest BCUT2D eigenvalue weighted by Crippen LogP contribution is -2.53. The first kappa shape index (κ1) is 17.3. The lowest BCUT2D eigenvalue weighted by Gasteiger charge is -2.35. The molecule has 130 valence electrons. The maximum Gasteiger partial charge on any atom is 0.251 e. The molecule has 3 rings (SSSR count). The monoisotopic (exact) mass is 348 g/mol. The van der Waals surface area contributed by atoms with Gasteiger partial charge in [0.1, 0.15) is 6.10 Å². The first-order chi connectivity index (χ1) is 11.6. The second kappa shape index (κ2) is 8.03. The number of hydrogen-bond donors (Lipinski definition) is 0. The van der Waals surface area contributed by atoms with Crippen molar-refractivity contribution in [2.24, 2.45) is 0 Å². The lowest BCUT2D eigenvalue weighted by molar-refractivity contribution is -0.145. The van der Waals surface area contributed by atoms with Crippen LogP contribution in [0.15, 0.2) is 29.2 Å². The van der Waals surface area contributed by atoms with Crippen molar-refractivity contribution in [1.82, 2.24) is 9.80 Å². The summed E-state index contributed by atoms with van der Waals surface area (Å²) < 4.78 is 5.46. The zero-order valence-corrected chi connectivity index (χ0v) is 14.9. The molecule has 6 heteroatoms. The van der Waals surface area contributed by atoms with Crippen LogP contribution in [-0.4, -0.2) is 66.3 Å². The Bertz CT molecular complexity index is 576. The third-order valence-corrected chi connectivity index (χ3v) is 5.53. The zero-order chi connectivity index (χ0) is 16.9. The normalized spacial score (nSPS) is 21.1. The van der Waals surface area contributed by atoms with E-state index in [4.69, 9.17) is 4.74 Å². The van der Waals surface area contributed by atoms with Gasteiger partial charge in [0.25, 0.3) is 5.91 Å². The molecular formula is C18H24N2O3S. The third-order valence-electron chi connectivity index (χ3n) is 4.53. The second-order valence-electron chi connectivity index (χ2n) is 6.31. The Morgan fingerprint density at radius 2 is 1.79 bits per heavy atom. The van der Waals surface area contributed by atoms with Gasteiger partial charge < -0.3 is 14.5 Å². The van der Waals surface area contributed by atoms with Crippen LogP contribution < -0.4 is 0 Å². The van der Waals surface area contributed by atoms with E-state index in [9.17, 15) is 9.59 Å². The number of piperazine rings is 1. The number of rotatable bonds is 4. The minimum atomic E-state index is -0.260. The predicted molar refractivity (Wildman–Crippen MR) is 94.0 cm³/mol. The van der Waals surface area contributed by atoms with E-state index in [1.807, 2.05) is 21.9 Å². The van der Waals surface area contributed by atoms with E-state index in [2.05, 4.69) is 19.1 Å². The molecule has 24 heavy (non-hydrogen) atoms. The Morgan fingerprint density at radius 1 is 1.12 bits per heavy atom. The molecule has 2 heterocycles. The van der Waals surface area contributed by atoms with Crippen LogP contribution in [0.4, 0.5) is 0 Å². The van der Waals surface area contributed by atoms with Crippen molar-refractivity contribution in [2.75, 3.05) is 38.5 Å². The highest BCUT2D eigenvalue weighted by atomic mass is 32.2. The summed E-state index contributed by atoms with van der Waals surface area (Å²) in [5, 5.41) is 0. The topological polar surface area (TPSA) is 49.9 Å². The largest absolute Gasteiger partial charge is 0.368 e. The molecule has 1 atom stereocenters. The van der Waals surface area contributed by atoms with Crippen LogP contribution in [-0.2, 0) is 14.3 Å². The molecule has 1 aromatic carbocycles. The summed E-state index contributed by atoms with van der Waals surface area (Å²) in [4.78, 5) is 29.5. The van der Waals surface area contributed by atoms with Gasteiger partial charge in [-0.1, -0.05) is 17.7 Å². The van der Waals surface area contributed by atoms with Gasteiger partial charge in [-0.3, -0.25) is 9.59 Å². The number of hydrogen-bond acceptors (Lipinski definition) is 4. The molecule has 2 fully saturated rings. The van der Waals surface area contributed by atoms with Gasteiger partial charge in [-0.15, -0.1) is 11.8 Å². The first-order valence-electron chi connectivity index (χ1n) is 8.51. The Hall–Kier alpha value is -1.53. The third kappa shape index (κ3) is 4.30. The molecule has 0 saturated carbocycles. The molecule has 2 aliphatic heterocycles. The number of nitrogens with zero attached hydrogens (tertiary/aromatic N) is 2. The van der Waals surface area contributed by atoms with Crippen LogP contribution in [0.5, 0.6) is 0 Å². The highest BCUT2D eigenvalue weighted by molar-refractivity contribution is 8.00. The van der Waals surface area contributed by atoms with Crippen LogP contribution in [0.1, 0.15) is 18.4 Å². The van der Waals surface area contributed by atoms with E-state index in [0.29, 0.717) is 38.5 Å². The first-order valence-corrected chi connectivity index (χ1v) is 9.49. The minimum Gasteiger partial charge on any atom is -0.368 e. The van der Waals surface area contributed by atoms with Gasteiger partial charge in [0.05, 0.1) is 5.75 Å². The molecule has 5 nitrogen and oxygen atoms in total. The summed E-state index contributed by atoms with van der Waals surface area (Å²) in [6, 6.07) is 8.21. The molecule has 2 saturated heterocycles. The molecule has 1 unspecified atom stereocenters. The summed E-state index contributed by atoms with van der Waals surface area (Å²) >= 11 is 1.57. The van der Waals surface area contributed by atoms with Gasteiger partial charge in [-0.05, 0) is 31.9 Å². The fourth-order valence-electron chi connectivity index (χ4n) is 3.02. The second-order valence-corrected chi connectivity index (χ2v) is 7.36. The van der Waals surface area contributed by atoms with Gasteiger partial charge in [0.2, 0.25) is 5.91 Å². The van der Waals surface area contributed by atoms with Crippen molar-refractivity contribution in [1.29, 1.82) is 0 Å². The molecule has 0 bridgehead atoms. The van der Waals surface area contributed by atoms with E-state index in [1.54, 1.807) is 11.8 Å². The Balaban J connectivity index is 1.43. The maximum atomic E-state index is 12.3. The lowest BCUT2D eigenvalue weighted by atomic mass is 10.2.